The van der Waals surface area contributed by atoms with Gasteiger partial charge in [-0.05, 0) is 18.1 Å². The van der Waals surface area contributed by atoms with E-state index in [0.29, 0.717) is 5.56 Å². The van der Waals surface area contributed by atoms with Gasteiger partial charge in [-0.2, -0.15) is 0 Å². The first-order valence-electron chi connectivity index (χ1n) is 4.76. The molecule has 1 aliphatic carbocycles. The normalized spacial score (nSPS) is 21.8. The van der Waals surface area contributed by atoms with Crippen LogP contribution in [-0.4, -0.2) is 11.7 Å². The molecule has 1 aromatic rings. The van der Waals surface area contributed by atoms with E-state index in [9.17, 15) is 9.59 Å². The predicted octanol–water partition coefficient (Wildman–Crippen LogP) is 1.39. The fourth-order valence-corrected chi connectivity index (χ4v) is 2.01. The molecular formula is C12H11NO2. The molecule has 0 radical (unpaired) electrons. The number of rotatable bonds is 1. The largest absolute Gasteiger partial charge is 0.369 e. The molecule has 1 aromatic carbocycles. The lowest BCUT2D eigenvalue weighted by atomic mass is 9.98. The smallest absolute Gasteiger partial charge is 0.232 e. The number of ketones is 1. The predicted molar refractivity (Wildman–Crippen MR) is 57.1 cm³/mol. The molecule has 1 aliphatic rings. The Morgan fingerprint density at radius 1 is 1.33 bits per heavy atom. The van der Waals surface area contributed by atoms with Crippen LogP contribution in [0.1, 0.15) is 22.8 Å². The minimum absolute atomic E-state index is 0.189. The van der Waals surface area contributed by atoms with Crippen molar-refractivity contribution in [3.8, 4) is 0 Å². The number of primary amides is 1. The first-order chi connectivity index (χ1) is 7.16. The molecule has 15 heavy (non-hydrogen) atoms. The standard InChI is InChI=1S/C12H11NO2/c1-2-7-8-5-3-4-6-9(8)11(14)10(7)12(13)15/h2-6,10H,1H3,(H2,13,15). The number of carbonyl (C=O) groups is 2. The highest BCUT2D eigenvalue weighted by Gasteiger charge is 2.37. The van der Waals surface area contributed by atoms with Gasteiger partial charge in [0.05, 0.1) is 0 Å². The zero-order valence-corrected chi connectivity index (χ0v) is 8.36. The van der Waals surface area contributed by atoms with Crippen LogP contribution in [0.15, 0.2) is 30.3 Å². The number of amides is 1. The van der Waals surface area contributed by atoms with E-state index in [4.69, 9.17) is 5.73 Å². The molecule has 0 aliphatic heterocycles. The third-order valence-corrected chi connectivity index (χ3v) is 2.67. The van der Waals surface area contributed by atoms with Crippen LogP contribution in [0.25, 0.3) is 5.57 Å². The second kappa shape index (κ2) is 3.35. The summed E-state index contributed by atoms with van der Waals surface area (Å²) >= 11 is 0. The Balaban J connectivity index is 2.64. The summed E-state index contributed by atoms with van der Waals surface area (Å²) in [7, 11) is 0. The summed E-state index contributed by atoms with van der Waals surface area (Å²) in [4.78, 5) is 23.1. The van der Waals surface area contributed by atoms with Crippen molar-refractivity contribution in [1.29, 1.82) is 0 Å². The molecule has 1 atom stereocenters. The van der Waals surface area contributed by atoms with Crippen molar-refractivity contribution in [3.05, 3.63) is 41.5 Å². The fraction of sp³-hybridized carbons (Fsp3) is 0.167. The molecule has 0 bridgehead atoms. The molecule has 2 rings (SSSR count). The lowest BCUT2D eigenvalue weighted by Gasteiger charge is -2.05. The van der Waals surface area contributed by atoms with Gasteiger partial charge in [0.1, 0.15) is 5.92 Å². The maximum Gasteiger partial charge on any atom is 0.232 e. The third-order valence-electron chi connectivity index (χ3n) is 2.67. The molecule has 0 saturated heterocycles. The Labute approximate surface area is 87.6 Å². The van der Waals surface area contributed by atoms with Gasteiger partial charge in [-0.1, -0.05) is 30.3 Å². The Bertz CT molecular complexity index is 474. The van der Waals surface area contributed by atoms with E-state index < -0.39 is 11.8 Å². The van der Waals surface area contributed by atoms with Gasteiger partial charge in [0.2, 0.25) is 5.91 Å². The van der Waals surface area contributed by atoms with Gasteiger partial charge in [0.15, 0.2) is 5.78 Å². The van der Waals surface area contributed by atoms with Crippen LogP contribution in [0.5, 0.6) is 0 Å². The number of hydrogen-bond donors (Lipinski definition) is 1. The molecule has 2 N–H and O–H groups in total. The van der Waals surface area contributed by atoms with Crippen molar-refractivity contribution in [1.82, 2.24) is 0 Å². The first kappa shape index (κ1) is 9.65. The molecule has 3 heteroatoms. The number of nitrogens with two attached hydrogens (primary N) is 1. The molecule has 0 heterocycles. The number of Topliss-reactive ketones (excluding diaryl/α,β-unsaturated/α-hetero) is 1. The highest BCUT2D eigenvalue weighted by Crippen LogP contribution is 2.36. The molecule has 0 fully saturated rings. The SMILES string of the molecule is CC=C1c2ccccc2C(=O)C1C(N)=O. The van der Waals surface area contributed by atoms with Crippen molar-refractivity contribution in [2.24, 2.45) is 11.7 Å². The molecule has 0 aromatic heterocycles. The van der Waals surface area contributed by atoms with Crippen LogP contribution in [0.2, 0.25) is 0 Å². The number of benzene rings is 1. The van der Waals surface area contributed by atoms with E-state index in [0.717, 1.165) is 11.1 Å². The number of allylic oxidation sites excluding steroid dienone is 1. The average Bonchev–Trinajstić information content (AvgIpc) is 2.52. The molecular weight excluding hydrogens is 190 g/mol. The molecule has 0 spiro atoms. The van der Waals surface area contributed by atoms with Gasteiger partial charge in [0.25, 0.3) is 0 Å². The summed E-state index contributed by atoms with van der Waals surface area (Å²) in [6.45, 7) is 1.81. The number of carbonyl (C=O) groups excluding carboxylic acids is 2. The summed E-state index contributed by atoms with van der Waals surface area (Å²) in [5.41, 5.74) is 7.38. The van der Waals surface area contributed by atoms with Crippen LogP contribution in [0.4, 0.5) is 0 Å². The highest BCUT2D eigenvalue weighted by atomic mass is 16.2. The van der Waals surface area contributed by atoms with Gasteiger partial charge in [-0.15, -0.1) is 0 Å². The fourth-order valence-electron chi connectivity index (χ4n) is 2.01. The zero-order valence-electron chi connectivity index (χ0n) is 8.36. The van der Waals surface area contributed by atoms with Crippen LogP contribution < -0.4 is 5.73 Å². The maximum atomic E-state index is 11.9. The Hall–Kier alpha value is -1.90. The zero-order chi connectivity index (χ0) is 11.0. The average molecular weight is 201 g/mol. The second-order valence-corrected chi connectivity index (χ2v) is 3.49. The van der Waals surface area contributed by atoms with Crippen LogP contribution in [0, 0.1) is 5.92 Å². The monoisotopic (exact) mass is 201 g/mol. The van der Waals surface area contributed by atoms with Crippen LogP contribution >= 0.6 is 0 Å². The Morgan fingerprint density at radius 3 is 2.47 bits per heavy atom. The van der Waals surface area contributed by atoms with Crippen LogP contribution in [-0.2, 0) is 4.79 Å². The minimum atomic E-state index is -0.799. The van der Waals surface area contributed by atoms with Crippen molar-refractivity contribution >= 4 is 17.3 Å². The van der Waals surface area contributed by atoms with E-state index in [2.05, 4.69) is 0 Å². The lowest BCUT2D eigenvalue weighted by molar-refractivity contribution is -0.118. The first-order valence-corrected chi connectivity index (χ1v) is 4.76. The van der Waals surface area contributed by atoms with Crippen molar-refractivity contribution in [2.75, 3.05) is 0 Å². The number of fused-ring (bicyclic) bond motifs is 1. The van der Waals surface area contributed by atoms with Crippen LogP contribution in [0.3, 0.4) is 0 Å². The molecule has 3 nitrogen and oxygen atoms in total. The van der Waals surface area contributed by atoms with E-state index in [1.54, 1.807) is 25.1 Å². The molecule has 1 unspecified atom stereocenters. The minimum Gasteiger partial charge on any atom is -0.369 e. The summed E-state index contributed by atoms with van der Waals surface area (Å²) in [6, 6.07) is 7.20. The van der Waals surface area contributed by atoms with Gasteiger partial charge in [-0.3, -0.25) is 9.59 Å². The molecule has 76 valence electrons. The summed E-state index contributed by atoms with van der Waals surface area (Å²) < 4.78 is 0. The van der Waals surface area contributed by atoms with Crippen molar-refractivity contribution in [2.45, 2.75) is 6.92 Å². The lowest BCUT2D eigenvalue weighted by Crippen LogP contribution is -2.27. The quantitative estimate of drug-likeness (QED) is 0.698. The molecule has 0 saturated carbocycles. The summed E-state index contributed by atoms with van der Waals surface area (Å²) in [6.07, 6.45) is 1.78. The Morgan fingerprint density at radius 2 is 1.93 bits per heavy atom. The van der Waals surface area contributed by atoms with E-state index >= 15 is 0 Å². The highest BCUT2D eigenvalue weighted by molar-refractivity contribution is 6.24. The van der Waals surface area contributed by atoms with Crippen molar-refractivity contribution in [3.63, 3.8) is 0 Å². The van der Waals surface area contributed by atoms with Gasteiger partial charge < -0.3 is 5.73 Å². The third kappa shape index (κ3) is 1.28. The second-order valence-electron chi connectivity index (χ2n) is 3.49. The Kier molecular flexibility index (Phi) is 2.15. The maximum absolute atomic E-state index is 11.9. The van der Waals surface area contributed by atoms with Gasteiger partial charge in [0, 0.05) is 5.56 Å². The van der Waals surface area contributed by atoms with E-state index in [-0.39, 0.29) is 5.78 Å². The number of hydrogen-bond acceptors (Lipinski definition) is 2. The topological polar surface area (TPSA) is 60.2 Å². The van der Waals surface area contributed by atoms with Gasteiger partial charge in [-0.25, -0.2) is 0 Å². The van der Waals surface area contributed by atoms with Crippen molar-refractivity contribution < 1.29 is 9.59 Å². The van der Waals surface area contributed by atoms with Gasteiger partial charge >= 0.3 is 0 Å². The summed E-state index contributed by atoms with van der Waals surface area (Å²) in [5, 5.41) is 0. The van der Waals surface area contributed by atoms with E-state index in [1.807, 2.05) is 12.1 Å². The molecule has 1 amide bonds. The summed E-state index contributed by atoms with van der Waals surface area (Å²) in [5.74, 6) is -1.57. The van der Waals surface area contributed by atoms with E-state index in [1.165, 1.54) is 0 Å².